The van der Waals surface area contributed by atoms with E-state index in [9.17, 15) is 9.90 Å². The molecule has 4 rings (SSSR count). The number of nitrogens with zero attached hydrogens (tertiary/aromatic N) is 3. The second-order valence-corrected chi connectivity index (χ2v) is 11.6. The van der Waals surface area contributed by atoms with Gasteiger partial charge in [-0.15, -0.1) is 0 Å². The summed E-state index contributed by atoms with van der Waals surface area (Å²) >= 11 is 1.29. The molecule has 2 aliphatic rings. The second kappa shape index (κ2) is 9.57. The Hall–Kier alpha value is -2.60. The molecule has 0 saturated heterocycles. The third-order valence-electron chi connectivity index (χ3n) is 7.23. The zero-order chi connectivity index (χ0) is 24.5. The molecule has 2 aromatic carbocycles. The van der Waals surface area contributed by atoms with E-state index in [4.69, 9.17) is 9.98 Å². The van der Waals surface area contributed by atoms with Crippen molar-refractivity contribution in [3.8, 4) is 0 Å². The molecule has 0 radical (unpaired) electrons. The molecule has 6 heteroatoms. The van der Waals surface area contributed by atoms with E-state index < -0.39 is 5.97 Å². The van der Waals surface area contributed by atoms with Crippen molar-refractivity contribution in [3.05, 3.63) is 59.7 Å². The predicted octanol–water partition coefficient (Wildman–Crippen LogP) is 7.00. The fourth-order valence-electron chi connectivity index (χ4n) is 5.14. The van der Waals surface area contributed by atoms with Gasteiger partial charge in [-0.05, 0) is 74.6 Å². The maximum atomic E-state index is 11.5. The highest BCUT2D eigenvalue weighted by Gasteiger charge is 2.52. The van der Waals surface area contributed by atoms with E-state index in [1.165, 1.54) is 17.3 Å². The lowest BCUT2D eigenvalue weighted by Gasteiger charge is -2.47. The molecule has 5 nitrogen and oxygen atoms in total. The molecule has 2 aromatic rings. The first-order valence-corrected chi connectivity index (χ1v) is 13.0. The third-order valence-corrected chi connectivity index (χ3v) is 8.16. The zero-order valence-electron chi connectivity index (χ0n) is 20.8. The standard InChI is InChI=1S/C28H35N3O2S/c1-19-10-12-22(13-11-19)31-26(34-18-24(32)33)30-25(29-23-9-7-6-8-20(23)2)28(31)16-14-21(15-17-28)27(3,4)5/h6-13,21H,14-18H2,1-5H3,(H,32,33). The number of benzene rings is 2. The van der Waals surface area contributed by atoms with Gasteiger partial charge in [0.05, 0.1) is 11.4 Å². The first kappa shape index (κ1) is 24.5. The Morgan fingerprint density at radius 2 is 1.76 bits per heavy atom. The largest absolute Gasteiger partial charge is 0.481 e. The Balaban J connectivity index is 1.83. The van der Waals surface area contributed by atoms with Gasteiger partial charge in [0.1, 0.15) is 5.54 Å². The van der Waals surface area contributed by atoms with Gasteiger partial charge in [-0.25, -0.2) is 9.98 Å². The Bertz CT molecular complexity index is 1110. The quantitative estimate of drug-likeness (QED) is 0.515. The molecule has 180 valence electrons. The van der Waals surface area contributed by atoms with Crippen molar-refractivity contribution in [1.82, 2.24) is 0 Å². The molecule has 1 fully saturated rings. The summed E-state index contributed by atoms with van der Waals surface area (Å²) in [6.45, 7) is 11.1. The van der Waals surface area contributed by atoms with Crippen LogP contribution >= 0.6 is 11.8 Å². The van der Waals surface area contributed by atoms with Crippen LogP contribution in [0.2, 0.25) is 0 Å². The summed E-state index contributed by atoms with van der Waals surface area (Å²) in [5, 5.41) is 10.1. The van der Waals surface area contributed by atoms with Gasteiger partial charge in [0.2, 0.25) is 0 Å². The number of aliphatic imine (C=N–C) groups is 2. The number of aliphatic carboxylic acids is 1. The minimum absolute atomic E-state index is 0.0282. The van der Waals surface area contributed by atoms with E-state index in [0.29, 0.717) is 5.92 Å². The summed E-state index contributed by atoms with van der Waals surface area (Å²) < 4.78 is 0. The summed E-state index contributed by atoms with van der Waals surface area (Å²) in [7, 11) is 0. The molecule has 0 aromatic heterocycles. The van der Waals surface area contributed by atoms with Crippen LogP contribution in [0.5, 0.6) is 0 Å². The van der Waals surface area contributed by atoms with Crippen molar-refractivity contribution >= 4 is 40.1 Å². The number of aryl methyl sites for hydroxylation is 2. The first-order chi connectivity index (χ1) is 16.1. The van der Waals surface area contributed by atoms with Crippen molar-refractivity contribution < 1.29 is 9.90 Å². The first-order valence-electron chi connectivity index (χ1n) is 12.1. The highest BCUT2D eigenvalue weighted by molar-refractivity contribution is 8.14. The van der Waals surface area contributed by atoms with Gasteiger partial charge in [0.15, 0.2) is 11.0 Å². The van der Waals surface area contributed by atoms with Gasteiger partial charge in [0, 0.05) is 5.69 Å². The van der Waals surface area contributed by atoms with Crippen molar-refractivity contribution in [3.63, 3.8) is 0 Å². The van der Waals surface area contributed by atoms with E-state index in [-0.39, 0.29) is 16.7 Å². The van der Waals surface area contributed by atoms with Gasteiger partial charge in [0.25, 0.3) is 0 Å². The summed E-state index contributed by atoms with van der Waals surface area (Å²) in [6, 6.07) is 16.6. The monoisotopic (exact) mass is 477 g/mol. The Morgan fingerprint density at radius 3 is 2.35 bits per heavy atom. The summed E-state index contributed by atoms with van der Waals surface area (Å²) in [4.78, 5) is 23.9. The number of carboxylic acid groups (broad SMARTS) is 1. The number of anilines is 1. The van der Waals surface area contributed by atoms with Crippen LogP contribution in [-0.4, -0.2) is 33.4 Å². The molecule has 34 heavy (non-hydrogen) atoms. The molecule has 1 aliphatic heterocycles. The van der Waals surface area contributed by atoms with Crippen LogP contribution in [0.4, 0.5) is 11.4 Å². The van der Waals surface area contributed by atoms with Crippen LogP contribution in [0.15, 0.2) is 58.5 Å². The number of thioether (sulfide) groups is 1. The van der Waals surface area contributed by atoms with E-state index in [1.54, 1.807) is 0 Å². The molecule has 1 spiro atoms. The fraction of sp³-hybridized carbons (Fsp3) is 0.464. The van der Waals surface area contributed by atoms with E-state index in [1.807, 2.05) is 18.2 Å². The topological polar surface area (TPSA) is 65.3 Å². The predicted molar refractivity (Wildman–Crippen MR) is 144 cm³/mol. The Labute approximate surface area is 207 Å². The van der Waals surface area contributed by atoms with Crippen LogP contribution < -0.4 is 4.90 Å². The third kappa shape index (κ3) is 4.92. The number of amidine groups is 2. The average molecular weight is 478 g/mol. The molecule has 1 aliphatic carbocycles. The van der Waals surface area contributed by atoms with Gasteiger partial charge in [-0.2, -0.15) is 0 Å². The molecule has 1 heterocycles. The SMILES string of the molecule is Cc1ccc(N2C(SCC(=O)O)=NC(=Nc3ccccc3C)C23CCC(C(C)(C)C)CC3)cc1. The van der Waals surface area contributed by atoms with Crippen LogP contribution in [0.3, 0.4) is 0 Å². The fourth-order valence-corrected chi connectivity index (χ4v) is 5.96. The molecular formula is C28H35N3O2S. The summed E-state index contributed by atoms with van der Waals surface area (Å²) in [5.74, 6) is 0.571. The normalized spacial score (nSPS) is 24.0. The lowest BCUT2D eigenvalue weighted by Crippen LogP contribution is -2.54. The molecular weight excluding hydrogens is 442 g/mol. The van der Waals surface area contributed by atoms with E-state index >= 15 is 0 Å². The summed E-state index contributed by atoms with van der Waals surface area (Å²) in [5.41, 5.74) is 4.15. The Kier molecular flexibility index (Phi) is 6.90. The molecule has 1 saturated carbocycles. The molecule has 0 amide bonds. The maximum Gasteiger partial charge on any atom is 0.313 e. The van der Waals surface area contributed by atoms with Crippen LogP contribution in [0, 0.1) is 25.2 Å². The second-order valence-electron chi connectivity index (χ2n) is 10.6. The number of carboxylic acids is 1. The van der Waals surface area contributed by atoms with E-state index in [2.05, 4.69) is 69.9 Å². The van der Waals surface area contributed by atoms with Crippen molar-refractivity contribution in [1.29, 1.82) is 0 Å². The van der Waals surface area contributed by atoms with Crippen LogP contribution in [-0.2, 0) is 4.79 Å². The zero-order valence-corrected chi connectivity index (χ0v) is 21.7. The minimum atomic E-state index is -0.841. The van der Waals surface area contributed by atoms with Crippen LogP contribution in [0.25, 0.3) is 0 Å². The number of carbonyl (C=O) groups is 1. The Morgan fingerprint density at radius 1 is 1.12 bits per heavy atom. The molecule has 1 N–H and O–H groups in total. The maximum absolute atomic E-state index is 11.5. The van der Waals surface area contributed by atoms with Crippen molar-refractivity contribution in [2.75, 3.05) is 10.7 Å². The van der Waals surface area contributed by atoms with Gasteiger partial charge < -0.3 is 10.0 Å². The number of hydrogen-bond donors (Lipinski definition) is 1. The lowest BCUT2D eigenvalue weighted by molar-refractivity contribution is -0.133. The molecule has 0 bridgehead atoms. The minimum Gasteiger partial charge on any atom is -0.481 e. The smallest absolute Gasteiger partial charge is 0.313 e. The lowest BCUT2D eigenvalue weighted by atomic mass is 9.66. The van der Waals surface area contributed by atoms with Crippen molar-refractivity contribution in [2.45, 2.75) is 65.8 Å². The average Bonchev–Trinajstić information content (AvgIpc) is 3.06. The van der Waals surface area contributed by atoms with Gasteiger partial charge >= 0.3 is 5.97 Å². The molecule has 0 unspecified atom stereocenters. The van der Waals surface area contributed by atoms with Gasteiger partial charge in [-0.3, -0.25) is 4.79 Å². The van der Waals surface area contributed by atoms with Gasteiger partial charge in [-0.1, -0.05) is 68.4 Å². The summed E-state index contributed by atoms with van der Waals surface area (Å²) in [6.07, 6.45) is 4.05. The molecule has 0 atom stereocenters. The van der Waals surface area contributed by atoms with Crippen LogP contribution in [0.1, 0.15) is 57.6 Å². The number of rotatable bonds is 4. The highest BCUT2D eigenvalue weighted by Crippen LogP contribution is 2.49. The van der Waals surface area contributed by atoms with Crippen molar-refractivity contribution in [2.24, 2.45) is 21.3 Å². The number of para-hydroxylation sites is 1. The number of hydrogen-bond acceptors (Lipinski definition) is 4. The van der Waals surface area contributed by atoms with E-state index in [0.717, 1.165) is 53.6 Å². The highest BCUT2D eigenvalue weighted by atomic mass is 32.2.